The van der Waals surface area contributed by atoms with Crippen LogP contribution in [0.1, 0.15) is 15.9 Å². The Hall–Kier alpha value is -1.07. The van der Waals surface area contributed by atoms with Crippen molar-refractivity contribution < 1.29 is 9.90 Å². The Kier molecular flexibility index (Phi) is 5.43. The molecule has 1 N–H and O–H groups in total. The summed E-state index contributed by atoms with van der Waals surface area (Å²) in [6, 6.07) is 11.2. The number of thiophene rings is 1. The number of nitrogens with zero attached hydrogens (tertiary/aromatic N) is 1. The molecule has 6 heteroatoms. The maximum atomic E-state index is 12.5. The van der Waals surface area contributed by atoms with Gasteiger partial charge < -0.3 is 10.0 Å². The van der Waals surface area contributed by atoms with Gasteiger partial charge in [-0.15, -0.1) is 11.3 Å². The van der Waals surface area contributed by atoms with Gasteiger partial charge in [-0.25, -0.2) is 0 Å². The maximum absolute atomic E-state index is 12.5. The molecule has 0 spiro atoms. The molecule has 1 aromatic heterocycles. The second-order valence-electron chi connectivity index (χ2n) is 4.17. The van der Waals surface area contributed by atoms with Crippen molar-refractivity contribution in [1.82, 2.24) is 4.90 Å². The number of carbonyl (C=O) groups is 1. The summed E-state index contributed by atoms with van der Waals surface area (Å²) >= 11 is 13.0. The van der Waals surface area contributed by atoms with Crippen LogP contribution in [-0.4, -0.2) is 29.1 Å². The molecule has 1 amide bonds. The molecule has 0 atom stereocenters. The highest BCUT2D eigenvalue weighted by molar-refractivity contribution is 7.20. The van der Waals surface area contributed by atoms with E-state index in [1.807, 2.05) is 30.3 Å². The van der Waals surface area contributed by atoms with Crippen LogP contribution in [0.4, 0.5) is 0 Å². The molecule has 106 valence electrons. The normalized spacial score (nSPS) is 10.6. The number of carbonyl (C=O) groups excluding carboxylic acids is 1. The van der Waals surface area contributed by atoms with E-state index in [0.29, 0.717) is 20.8 Å². The Labute approximate surface area is 131 Å². The van der Waals surface area contributed by atoms with E-state index >= 15 is 0 Å². The highest BCUT2D eigenvalue weighted by atomic mass is 35.5. The van der Waals surface area contributed by atoms with Gasteiger partial charge in [0.15, 0.2) is 0 Å². The van der Waals surface area contributed by atoms with Gasteiger partial charge in [0.25, 0.3) is 5.91 Å². The predicted octanol–water partition coefficient (Wildman–Crippen LogP) is 3.69. The van der Waals surface area contributed by atoms with E-state index in [0.717, 1.165) is 16.9 Å². The monoisotopic (exact) mass is 329 g/mol. The number of benzene rings is 1. The average Bonchev–Trinajstić information content (AvgIpc) is 2.77. The summed E-state index contributed by atoms with van der Waals surface area (Å²) in [5, 5.41) is 9.13. The number of aliphatic hydroxyl groups is 1. The van der Waals surface area contributed by atoms with Crippen LogP contribution in [0.2, 0.25) is 8.67 Å². The van der Waals surface area contributed by atoms with Crippen LogP contribution in [-0.2, 0) is 6.54 Å². The molecular weight excluding hydrogens is 317 g/mol. The summed E-state index contributed by atoms with van der Waals surface area (Å²) in [4.78, 5) is 14.0. The quantitative estimate of drug-likeness (QED) is 0.908. The molecule has 0 radical (unpaired) electrons. The molecule has 0 aliphatic carbocycles. The molecule has 0 bridgehead atoms. The number of hydrogen-bond acceptors (Lipinski definition) is 3. The van der Waals surface area contributed by atoms with Crippen LogP contribution in [0.3, 0.4) is 0 Å². The molecule has 1 aromatic carbocycles. The lowest BCUT2D eigenvalue weighted by Gasteiger charge is -2.21. The van der Waals surface area contributed by atoms with E-state index in [4.69, 9.17) is 28.3 Å². The number of rotatable bonds is 5. The van der Waals surface area contributed by atoms with E-state index in [1.54, 1.807) is 11.0 Å². The third-order valence-electron chi connectivity index (χ3n) is 2.76. The SMILES string of the molecule is O=C(c1cc(Cl)sc1Cl)N(CCO)Cc1ccccc1. The summed E-state index contributed by atoms with van der Waals surface area (Å²) in [6.45, 7) is 0.565. The smallest absolute Gasteiger partial charge is 0.256 e. The maximum Gasteiger partial charge on any atom is 0.256 e. The average molecular weight is 330 g/mol. The summed E-state index contributed by atoms with van der Waals surface area (Å²) in [5.74, 6) is -0.226. The Morgan fingerprint density at radius 1 is 1.25 bits per heavy atom. The van der Waals surface area contributed by atoms with E-state index in [-0.39, 0.29) is 19.1 Å². The van der Waals surface area contributed by atoms with Gasteiger partial charge in [0.1, 0.15) is 4.34 Å². The lowest BCUT2D eigenvalue weighted by molar-refractivity contribution is 0.0708. The third-order valence-corrected chi connectivity index (χ3v) is 4.25. The van der Waals surface area contributed by atoms with Crippen LogP contribution in [0.5, 0.6) is 0 Å². The molecule has 0 aliphatic rings. The summed E-state index contributed by atoms with van der Waals surface area (Å²) in [5.41, 5.74) is 1.37. The fourth-order valence-corrected chi connectivity index (χ4v) is 3.28. The fourth-order valence-electron chi connectivity index (χ4n) is 1.83. The number of hydrogen-bond donors (Lipinski definition) is 1. The highest BCUT2D eigenvalue weighted by Gasteiger charge is 2.20. The van der Waals surface area contributed by atoms with Crippen LogP contribution in [0, 0.1) is 0 Å². The van der Waals surface area contributed by atoms with Gasteiger partial charge in [-0.05, 0) is 11.6 Å². The Bertz CT molecular complexity index is 586. The largest absolute Gasteiger partial charge is 0.395 e. The molecule has 20 heavy (non-hydrogen) atoms. The van der Waals surface area contributed by atoms with Crippen molar-refractivity contribution >= 4 is 40.4 Å². The minimum Gasteiger partial charge on any atom is -0.395 e. The van der Waals surface area contributed by atoms with Crippen LogP contribution in [0.15, 0.2) is 36.4 Å². The zero-order valence-corrected chi connectivity index (χ0v) is 12.9. The predicted molar refractivity (Wildman–Crippen MR) is 82.6 cm³/mol. The van der Waals surface area contributed by atoms with Gasteiger partial charge >= 0.3 is 0 Å². The molecule has 2 aromatic rings. The molecule has 3 nitrogen and oxygen atoms in total. The van der Waals surface area contributed by atoms with Crippen molar-refractivity contribution in [3.8, 4) is 0 Å². The van der Waals surface area contributed by atoms with Crippen LogP contribution >= 0.6 is 34.5 Å². The molecule has 0 saturated heterocycles. The van der Waals surface area contributed by atoms with Gasteiger partial charge in [-0.2, -0.15) is 0 Å². The fraction of sp³-hybridized carbons (Fsp3) is 0.214. The van der Waals surface area contributed by atoms with E-state index < -0.39 is 0 Å². The zero-order chi connectivity index (χ0) is 14.5. The Morgan fingerprint density at radius 3 is 2.50 bits per heavy atom. The van der Waals surface area contributed by atoms with Gasteiger partial charge in [0.05, 0.1) is 16.5 Å². The van der Waals surface area contributed by atoms with E-state index in [1.165, 1.54) is 0 Å². The first-order valence-electron chi connectivity index (χ1n) is 6.00. The molecule has 0 aliphatic heterocycles. The Balaban J connectivity index is 2.20. The van der Waals surface area contributed by atoms with Gasteiger partial charge in [0, 0.05) is 13.1 Å². The van der Waals surface area contributed by atoms with E-state index in [2.05, 4.69) is 0 Å². The molecule has 2 rings (SSSR count). The summed E-state index contributed by atoms with van der Waals surface area (Å²) in [6.07, 6.45) is 0. The number of aliphatic hydroxyl groups excluding tert-OH is 1. The molecule has 0 fully saturated rings. The first-order valence-corrected chi connectivity index (χ1v) is 7.58. The van der Waals surface area contributed by atoms with Gasteiger partial charge in [-0.1, -0.05) is 53.5 Å². The summed E-state index contributed by atoms with van der Waals surface area (Å²) < 4.78 is 0.845. The lowest BCUT2D eigenvalue weighted by Crippen LogP contribution is -2.33. The first kappa shape index (κ1) is 15.3. The van der Waals surface area contributed by atoms with E-state index in [9.17, 15) is 4.79 Å². The van der Waals surface area contributed by atoms with Crippen molar-refractivity contribution in [2.24, 2.45) is 0 Å². The molecule has 1 heterocycles. The third kappa shape index (κ3) is 3.73. The van der Waals surface area contributed by atoms with Crippen molar-refractivity contribution in [3.63, 3.8) is 0 Å². The Morgan fingerprint density at radius 2 is 1.95 bits per heavy atom. The number of halogens is 2. The first-order chi connectivity index (χ1) is 9.61. The highest BCUT2D eigenvalue weighted by Crippen LogP contribution is 2.32. The second-order valence-corrected chi connectivity index (χ2v) is 6.46. The van der Waals surface area contributed by atoms with Crippen molar-refractivity contribution in [1.29, 1.82) is 0 Å². The van der Waals surface area contributed by atoms with Crippen LogP contribution in [0.25, 0.3) is 0 Å². The second kappa shape index (κ2) is 7.09. The zero-order valence-electron chi connectivity index (χ0n) is 10.6. The number of amides is 1. The van der Waals surface area contributed by atoms with Crippen molar-refractivity contribution in [3.05, 3.63) is 56.2 Å². The van der Waals surface area contributed by atoms with Crippen LogP contribution < -0.4 is 0 Å². The molecule has 0 unspecified atom stereocenters. The molecular formula is C14H13Cl2NO2S. The van der Waals surface area contributed by atoms with Gasteiger partial charge in [0.2, 0.25) is 0 Å². The minimum absolute atomic E-state index is 0.103. The lowest BCUT2D eigenvalue weighted by atomic mass is 10.2. The van der Waals surface area contributed by atoms with Crippen molar-refractivity contribution in [2.75, 3.05) is 13.2 Å². The van der Waals surface area contributed by atoms with Gasteiger partial charge in [-0.3, -0.25) is 4.79 Å². The summed E-state index contributed by atoms with van der Waals surface area (Å²) in [7, 11) is 0. The topological polar surface area (TPSA) is 40.5 Å². The minimum atomic E-state index is -0.226. The molecule has 0 saturated carbocycles. The van der Waals surface area contributed by atoms with Crippen molar-refractivity contribution in [2.45, 2.75) is 6.54 Å². The standard InChI is InChI=1S/C14H13Cl2NO2S/c15-12-8-11(13(16)20-12)14(19)17(6-7-18)9-10-4-2-1-3-5-10/h1-5,8,18H,6-7,9H2.